The Labute approximate surface area is 135 Å². The zero-order valence-corrected chi connectivity index (χ0v) is 13.3. The van der Waals surface area contributed by atoms with Crippen molar-refractivity contribution in [3.63, 3.8) is 0 Å². The standard InChI is InChI=1S/C17H21N3O3/c1-20(2)13-7-5-11(6-8-13)15(21)10-18-17(22)14-9-16(23-19-14)12-3-4-12/h5-9,12,15,21H,3-4,10H2,1-2H3,(H,18,22). The smallest absolute Gasteiger partial charge is 0.273 e. The van der Waals surface area contributed by atoms with Crippen LogP contribution in [0.4, 0.5) is 5.69 Å². The van der Waals surface area contributed by atoms with E-state index in [0.717, 1.165) is 29.9 Å². The van der Waals surface area contributed by atoms with E-state index in [2.05, 4.69) is 10.5 Å². The van der Waals surface area contributed by atoms with Crippen LogP contribution < -0.4 is 10.2 Å². The zero-order chi connectivity index (χ0) is 16.4. The Bertz CT molecular complexity index is 675. The maximum atomic E-state index is 12.0. The maximum Gasteiger partial charge on any atom is 0.273 e. The average molecular weight is 315 g/mol. The van der Waals surface area contributed by atoms with E-state index in [1.807, 2.05) is 43.3 Å². The molecule has 1 aliphatic rings. The van der Waals surface area contributed by atoms with Gasteiger partial charge in [-0.2, -0.15) is 0 Å². The van der Waals surface area contributed by atoms with E-state index < -0.39 is 6.10 Å². The van der Waals surface area contributed by atoms with Gasteiger partial charge in [0.15, 0.2) is 5.69 Å². The van der Waals surface area contributed by atoms with Crippen molar-refractivity contribution in [1.29, 1.82) is 0 Å². The molecule has 0 bridgehead atoms. The third-order valence-electron chi connectivity index (χ3n) is 3.99. The molecule has 0 spiro atoms. The van der Waals surface area contributed by atoms with Crippen molar-refractivity contribution < 1.29 is 14.4 Å². The summed E-state index contributed by atoms with van der Waals surface area (Å²) >= 11 is 0. The van der Waals surface area contributed by atoms with Gasteiger partial charge in [-0.05, 0) is 30.5 Å². The van der Waals surface area contributed by atoms with Gasteiger partial charge in [-0.15, -0.1) is 0 Å². The van der Waals surface area contributed by atoms with Crippen LogP contribution in [0.5, 0.6) is 0 Å². The molecule has 23 heavy (non-hydrogen) atoms. The maximum absolute atomic E-state index is 12.0. The Morgan fingerprint density at radius 1 is 1.39 bits per heavy atom. The van der Waals surface area contributed by atoms with Gasteiger partial charge in [0.2, 0.25) is 0 Å². The van der Waals surface area contributed by atoms with E-state index >= 15 is 0 Å². The van der Waals surface area contributed by atoms with Crippen LogP contribution in [0.25, 0.3) is 0 Å². The van der Waals surface area contributed by atoms with Crippen molar-refractivity contribution in [1.82, 2.24) is 10.5 Å². The number of anilines is 1. The van der Waals surface area contributed by atoms with Crippen LogP contribution in [0.2, 0.25) is 0 Å². The van der Waals surface area contributed by atoms with Crippen molar-refractivity contribution in [3.8, 4) is 0 Å². The molecule has 1 aliphatic carbocycles. The Hall–Kier alpha value is -2.34. The first-order chi connectivity index (χ1) is 11.0. The van der Waals surface area contributed by atoms with Gasteiger partial charge in [0, 0.05) is 38.3 Å². The second kappa shape index (κ2) is 6.42. The molecule has 1 fully saturated rings. The molecule has 1 saturated carbocycles. The molecule has 1 amide bonds. The van der Waals surface area contributed by atoms with E-state index in [1.165, 1.54) is 0 Å². The highest BCUT2D eigenvalue weighted by Gasteiger charge is 2.28. The number of nitrogens with one attached hydrogen (secondary N) is 1. The van der Waals surface area contributed by atoms with Crippen molar-refractivity contribution in [2.24, 2.45) is 0 Å². The first-order valence-corrected chi connectivity index (χ1v) is 7.75. The van der Waals surface area contributed by atoms with E-state index in [-0.39, 0.29) is 18.1 Å². The lowest BCUT2D eigenvalue weighted by Gasteiger charge is -2.15. The topological polar surface area (TPSA) is 78.6 Å². The molecule has 6 nitrogen and oxygen atoms in total. The molecule has 1 aromatic carbocycles. The molecule has 0 radical (unpaired) electrons. The number of aliphatic hydroxyl groups excluding tert-OH is 1. The van der Waals surface area contributed by atoms with Crippen LogP contribution in [0.1, 0.15) is 46.7 Å². The van der Waals surface area contributed by atoms with Gasteiger partial charge < -0.3 is 19.8 Å². The first kappa shape index (κ1) is 15.6. The minimum Gasteiger partial charge on any atom is -0.387 e. The lowest BCUT2D eigenvalue weighted by molar-refractivity contribution is 0.0907. The van der Waals surface area contributed by atoms with Crippen LogP contribution in [0.15, 0.2) is 34.9 Å². The fourth-order valence-corrected chi connectivity index (χ4v) is 2.35. The molecular weight excluding hydrogens is 294 g/mol. The summed E-state index contributed by atoms with van der Waals surface area (Å²) in [5.41, 5.74) is 2.08. The highest BCUT2D eigenvalue weighted by atomic mass is 16.5. The van der Waals surface area contributed by atoms with Crippen LogP contribution in [-0.4, -0.2) is 36.8 Å². The highest BCUT2D eigenvalue weighted by Crippen LogP contribution is 2.40. The Morgan fingerprint density at radius 3 is 2.70 bits per heavy atom. The molecule has 1 unspecified atom stereocenters. The van der Waals surface area contributed by atoms with E-state index in [0.29, 0.717) is 5.92 Å². The molecular formula is C17H21N3O3. The number of carbonyl (C=O) groups is 1. The lowest BCUT2D eigenvalue weighted by Crippen LogP contribution is -2.28. The minimum atomic E-state index is -0.759. The predicted octanol–water partition coefficient (Wildman–Crippen LogP) is 2.08. The fraction of sp³-hybridized carbons (Fsp3) is 0.412. The molecule has 1 aromatic heterocycles. The van der Waals surface area contributed by atoms with E-state index in [9.17, 15) is 9.90 Å². The summed E-state index contributed by atoms with van der Waals surface area (Å²) in [6.07, 6.45) is 1.43. The summed E-state index contributed by atoms with van der Waals surface area (Å²) < 4.78 is 5.16. The quantitative estimate of drug-likeness (QED) is 0.853. The number of hydrogen-bond donors (Lipinski definition) is 2. The Kier molecular flexibility index (Phi) is 4.34. The third-order valence-corrected chi connectivity index (χ3v) is 3.99. The van der Waals surface area contributed by atoms with Crippen molar-refractivity contribution >= 4 is 11.6 Å². The van der Waals surface area contributed by atoms with Gasteiger partial charge in [0.1, 0.15) is 5.76 Å². The number of aliphatic hydroxyl groups is 1. The van der Waals surface area contributed by atoms with Crippen molar-refractivity contribution in [3.05, 3.63) is 47.3 Å². The van der Waals surface area contributed by atoms with Crippen molar-refractivity contribution in [2.75, 3.05) is 25.5 Å². The zero-order valence-electron chi connectivity index (χ0n) is 13.3. The van der Waals surface area contributed by atoms with Crippen LogP contribution in [-0.2, 0) is 0 Å². The number of carbonyl (C=O) groups excluding carboxylic acids is 1. The summed E-state index contributed by atoms with van der Waals surface area (Å²) in [5, 5.41) is 16.6. The fourth-order valence-electron chi connectivity index (χ4n) is 2.35. The van der Waals surface area contributed by atoms with E-state index in [4.69, 9.17) is 4.52 Å². The van der Waals surface area contributed by atoms with Crippen molar-refractivity contribution in [2.45, 2.75) is 24.9 Å². The predicted molar refractivity (Wildman–Crippen MR) is 86.5 cm³/mol. The van der Waals surface area contributed by atoms with Gasteiger partial charge in [-0.3, -0.25) is 4.79 Å². The van der Waals surface area contributed by atoms with Crippen LogP contribution >= 0.6 is 0 Å². The van der Waals surface area contributed by atoms with Gasteiger partial charge >= 0.3 is 0 Å². The number of hydrogen-bond acceptors (Lipinski definition) is 5. The van der Waals surface area contributed by atoms with Crippen LogP contribution in [0.3, 0.4) is 0 Å². The lowest BCUT2D eigenvalue weighted by atomic mass is 10.1. The highest BCUT2D eigenvalue weighted by molar-refractivity contribution is 5.92. The van der Waals surface area contributed by atoms with Crippen LogP contribution in [0, 0.1) is 0 Å². The number of amides is 1. The monoisotopic (exact) mass is 315 g/mol. The summed E-state index contributed by atoms with van der Waals surface area (Å²) in [6, 6.07) is 9.26. The summed E-state index contributed by atoms with van der Waals surface area (Å²) in [7, 11) is 3.92. The number of rotatable bonds is 6. The van der Waals surface area contributed by atoms with Gasteiger partial charge in [0.25, 0.3) is 5.91 Å². The molecule has 122 valence electrons. The van der Waals surface area contributed by atoms with E-state index in [1.54, 1.807) is 6.07 Å². The van der Waals surface area contributed by atoms with Gasteiger partial charge in [-0.1, -0.05) is 17.3 Å². The third kappa shape index (κ3) is 3.71. The van der Waals surface area contributed by atoms with Gasteiger partial charge in [-0.25, -0.2) is 0 Å². The largest absolute Gasteiger partial charge is 0.387 e. The number of aromatic nitrogens is 1. The molecule has 1 heterocycles. The SMILES string of the molecule is CN(C)c1ccc(C(O)CNC(=O)c2cc(C3CC3)on2)cc1. The normalized spacial score (nSPS) is 15.3. The molecule has 6 heteroatoms. The average Bonchev–Trinajstić information content (AvgIpc) is 3.29. The summed E-state index contributed by atoms with van der Waals surface area (Å²) in [5.74, 6) is 0.865. The summed E-state index contributed by atoms with van der Waals surface area (Å²) in [6.45, 7) is 0.131. The molecule has 3 rings (SSSR count). The molecule has 2 N–H and O–H groups in total. The molecule has 0 saturated heterocycles. The Morgan fingerprint density at radius 2 is 2.09 bits per heavy atom. The first-order valence-electron chi connectivity index (χ1n) is 7.75. The number of nitrogens with zero attached hydrogens (tertiary/aromatic N) is 2. The summed E-state index contributed by atoms with van der Waals surface area (Å²) in [4.78, 5) is 14.0. The Balaban J connectivity index is 1.54. The molecule has 0 aliphatic heterocycles. The second-order valence-electron chi connectivity index (χ2n) is 6.10. The minimum absolute atomic E-state index is 0.131. The molecule has 2 aromatic rings. The molecule has 1 atom stereocenters. The number of benzene rings is 1. The van der Waals surface area contributed by atoms with Gasteiger partial charge in [0.05, 0.1) is 6.10 Å². The second-order valence-corrected chi connectivity index (χ2v) is 6.10.